The van der Waals surface area contributed by atoms with Gasteiger partial charge in [0.25, 0.3) is 5.91 Å². The van der Waals surface area contributed by atoms with E-state index in [1.807, 2.05) is 32.0 Å². The lowest BCUT2D eigenvalue weighted by Crippen LogP contribution is -2.17. The highest BCUT2D eigenvalue weighted by Crippen LogP contribution is 2.18. The van der Waals surface area contributed by atoms with Gasteiger partial charge in [0.1, 0.15) is 11.5 Å². The van der Waals surface area contributed by atoms with Crippen molar-refractivity contribution in [3.8, 4) is 0 Å². The van der Waals surface area contributed by atoms with Gasteiger partial charge in [-0.15, -0.1) is 0 Å². The summed E-state index contributed by atoms with van der Waals surface area (Å²) in [6.45, 7) is 5.91. The second-order valence-corrected chi connectivity index (χ2v) is 6.44. The minimum atomic E-state index is -0.317. The minimum absolute atomic E-state index is 0.230. The van der Waals surface area contributed by atoms with E-state index in [4.69, 9.17) is 0 Å². The Morgan fingerprint density at radius 1 is 1.04 bits per heavy atom. The Morgan fingerprint density at radius 3 is 2.59 bits per heavy atom. The Balaban J connectivity index is 1.77. The standard InChI is InChI=1S/C21H21FN4O/c1-13-8-9-14(2)18(10-13)25-20(27)19-11-15(3)24-21(26-19)23-12-16-6-4-5-7-17(16)22/h4-11H,12H2,1-3H3,(H,25,27)(H,23,24,26). The fraction of sp³-hybridized carbons (Fsp3) is 0.190. The van der Waals surface area contributed by atoms with Crippen molar-refractivity contribution in [3.05, 3.63) is 82.4 Å². The van der Waals surface area contributed by atoms with E-state index in [0.29, 0.717) is 11.3 Å². The van der Waals surface area contributed by atoms with E-state index in [-0.39, 0.29) is 29.9 Å². The number of aromatic nitrogens is 2. The molecular formula is C21H21FN4O. The van der Waals surface area contributed by atoms with Gasteiger partial charge in [-0.05, 0) is 50.1 Å². The third kappa shape index (κ3) is 4.67. The first kappa shape index (κ1) is 18.5. The molecule has 3 rings (SSSR count). The molecular weight excluding hydrogens is 343 g/mol. The molecule has 0 aliphatic carbocycles. The molecule has 0 aliphatic heterocycles. The molecule has 0 saturated heterocycles. The van der Waals surface area contributed by atoms with Crippen molar-refractivity contribution in [2.24, 2.45) is 0 Å². The molecule has 0 saturated carbocycles. The van der Waals surface area contributed by atoms with Gasteiger partial charge in [0.05, 0.1) is 0 Å². The van der Waals surface area contributed by atoms with E-state index in [9.17, 15) is 9.18 Å². The highest BCUT2D eigenvalue weighted by atomic mass is 19.1. The fourth-order valence-corrected chi connectivity index (χ4v) is 2.64. The van der Waals surface area contributed by atoms with Crippen LogP contribution >= 0.6 is 0 Å². The van der Waals surface area contributed by atoms with Crippen molar-refractivity contribution < 1.29 is 9.18 Å². The summed E-state index contributed by atoms with van der Waals surface area (Å²) in [7, 11) is 0. The van der Waals surface area contributed by atoms with Crippen LogP contribution in [0.25, 0.3) is 0 Å². The van der Waals surface area contributed by atoms with Crippen LogP contribution in [0.1, 0.15) is 32.9 Å². The molecule has 0 aliphatic rings. The molecule has 1 heterocycles. The highest BCUT2D eigenvalue weighted by molar-refractivity contribution is 6.03. The maximum atomic E-state index is 13.7. The Hall–Kier alpha value is -3.28. The molecule has 1 aromatic heterocycles. The Bertz CT molecular complexity index is 988. The number of halogens is 1. The number of carbonyl (C=O) groups excluding carboxylic acids is 1. The molecule has 3 aromatic rings. The zero-order chi connectivity index (χ0) is 19.4. The first-order valence-corrected chi connectivity index (χ1v) is 8.64. The number of aryl methyl sites for hydroxylation is 3. The number of benzene rings is 2. The molecule has 0 atom stereocenters. The van der Waals surface area contributed by atoms with Crippen molar-refractivity contribution in [1.29, 1.82) is 0 Å². The lowest BCUT2D eigenvalue weighted by Gasteiger charge is -2.11. The van der Waals surface area contributed by atoms with E-state index in [1.54, 1.807) is 31.2 Å². The Morgan fingerprint density at radius 2 is 1.81 bits per heavy atom. The number of hydrogen-bond acceptors (Lipinski definition) is 4. The highest BCUT2D eigenvalue weighted by Gasteiger charge is 2.12. The third-order valence-corrected chi connectivity index (χ3v) is 4.12. The monoisotopic (exact) mass is 364 g/mol. The summed E-state index contributed by atoms with van der Waals surface area (Å²) in [5.74, 6) is -0.335. The van der Waals surface area contributed by atoms with Gasteiger partial charge >= 0.3 is 0 Å². The van der Waals surface area contributed by atoms with Gasteiger partial charge < -0.3 is 10.6 Å². The maximum absolute atomic E-state index is 13.7. The first-order valence-electron chi connectivity index (χ1n) is 8.64. The Kier molecular flexibility index (Phi) is 5.45. The molecule has 0 bridgehead atoms. The molecule has 0 unspecified atom stereocenters. The molecule has 2 N–H and O–H groups in total. The van der Waals surface area contributed by atoms with Crippen LogP contribution in [0.3, 0.4) is 0 Å². The average Bonchev–Trinajstić information content (AvgIpc) is 2.63. The smallest absolute Gasteiger partial charge is 0.274 e. The molecule has 0 fully saturated rings. The normalized spacial score (nSPS) is 10.5. The van der Waals surface area contributed by atoms with Crippen LogP contribution in [0, 0.1) is 26.6 Å². The van der Waals surface area contributed by atoms with Crippen LogP contribution in [0.2, 0.25) is 0 Å². The lowest BCUT2D eigenvalue weighted by molar-refractivity contribution is 0.102. The van der Waals surface area contributed by atoms with Gasteiger partial charge in [-0.25, -0.2) is 14.4 Å². The van der Waals surface area contributed by atoms with Gasteiger partial charge in [0.2, 0.25) is 5.95 Å². The van der Waals surface area contributed by atoms with E-state index >= 15 is 0 Å². The van der Waals surface area contributed by atoms with E-state index in [2.05, 4.69) is 20.6 Å². The number of nitrogens with zero attached hydrogens (tertiary/aromatic N) is 2. The second-order valence-electron chi connectivity index (χ2n) is 6.44. The fourth-order valence-electron chi connectivity index (χ4n) is 2.64. The molecule has 27 heavy (non-hydrogen) atoms. The molecule has 0 radical (unpaired) electrons. The van der Waals surface area contributed by atoms with Gasteiger partial charge in [0, 0.05) is 23.5 Å². The average molecular weight is 364 g/mol. The number of rotatable bonds is 5. The van der Waals surface area contributed by atoms with Gasteiger partial charge in [-0.2, -0.15) is 0 Å². The molecule has 6 heteroatoms. The van der Waals surface area contributed by atoms with E-state index < -0.39 is 0 Å². The van der Waals surface area contributed by atoms with E-state index in [1.165, 1.54) is 6.07 Å². The van der Waals surface area contributed by atoms with Crippen LogP contribution in [0.15, 0.2) is 48.5 Å². The van der Waals surface area contributed by atoms with Crippen molar-refractivity contribution in [1.82, 2.24) is 9.97 Å². The van der Waals surface area contributed by atoms with Crippen molar-refractivity contribution >= 4 is 17.5 Å². The number of carbonyl (C=O) groups is 1. The SMILES string of the molecule is Cc1ccc(C)c(NC(=O)c2cc(C)nc(NCc3ccccc3F)n2)c1. The molecule has 0 spiro atoms. The number of anilines is 2. The van der Waals surface area contributed by atoms with Crippen LogP contribution < -0.4 is 10.6 Å². The Labute approximate surface area is 157 Å². The number of amides is 1. The minimum Gasteiger partial charge on any atom is -0.350 e. The summed E-state index contributed by atoms with van der Waals surface area (Å²) in [5, 5.41) is 5.87. The summed E-state index contributed by atoms with van der Waals surface area (Å²) in [5.41, 5.74) is 4.17. The van der Waals surface area contributed by atoms with Crippen LogP contribution in [-0.4, -0.2) is 15.9 Å². The van der Waals surface area contributed by atoms with Crippen LogP contribution in [0.5, 0.6) is 0 Å². The van der Waals surface area contributed by atoms with Gasteiger partial charge in [-0.3, -0.25) is 4.79 Å². The zero-order valence-electron chi connectivity index (χ0n) is 15.5. The summed E-state index contributed by atoms with van der Waals surface area (Å²) in [4.78, 5) is 21.2. The number of hydrogen-bond donors (Lipinski definition) is 2. The quantitative estimate of drug-likeness (QED) is 0.704. The van der Waals surface area contributed by atoms with Crippen LogP contribution in [0.4, 0.5) is 16.0 Å². The molecule has 5 nitrogen and oxygen atoms in total. The van der Waals surface area contributed by atoms with Crippen molar-refractivity contribution in [2.75, 3.05) is 10.6 Å². The van der Waals surface area contributed by atoms with Gasteiger partial charge in [-0.1, -0.05) is 30.3 Å². The predicted molar refractivity (Wildman–Crippen MR) is 104 cm³/mol. The zero-order valence-corrected chi connectivity index (χ0v) is 15.5. The molecule has 1 amide bonds. The van der Waals surface area contributed by atoms with Crippen molar-refractivity contribution in [3.63, 3.8) is 0 Å². The lowest BCUT2D eigenvalue weighted by atomic mass is 10.1. The predicted octanol–water partition coefficient (Wildman–Crippen LogP) is 4.41. The van der Waals surface area contributed by atoms with Crippen molar-refractivity contribution in [2.45, 2.75) is 27.3 Å². The maximum Gasteiger partial charge on any atom is 0.274 e. The summed E-state index contributed by atoms with van der Waals surface area (Å²) in [6.07, 6.45) is 0. The van der Waals surface area contributed by atoms with Crippen LogP contribution in [-0.2, 0) is 6.54 Å². The molecule has 138 valence electrons. The summed E-state index contributed by atoms with van der Waals surface area (Å²) < 4.78 is 13.7. The summed E-state index contributed by atoms with van der Waals surface area (Å²) >= 11 is 0. The number of nitrogens with one attached hydrogen (secondary N) is 2. The molecule has 2 aromatic carbocycles. The topological polar surface area (TPSA) is 66.9 Å². The first-order chi connectivity index (χ1) is 12.9. The van der Waals surface area contributed by atoms with Gasteiger partial charge in [0.15, 0.2) is 0 Å². The third-order valence-electron chi connectivity index (χ3n) is 4.12. The largest absolute Gasteiger partial charge is 0.350 e. The second kappa shape index (κ2) is 7.95. The summed E-state index contributed by atoms with van der Waals surface area (Å²) in [6, 6.07) is 14.0. The van der Waals surface area contributed by atoms with E-state index in [0.717, 1.165) is 16.8 Å².